The highest BCUT2D eigenvalue weighted by Gasteiger charge is 2.53. The molecule has 22 heavy (non-hydrogen) atoms. The molecule has 0 aliphatic carbocycles. The van der Waals surface area contributed by atoms with Crippen LogP contribution >= 0.6 is 0 Å². The highest BCUT2D eigenvalue weighted by molar-refractivity contribution is 5.75. The van der Waals surface area contributed by atoms with Gasteiger partial charge in [-0.3, -0.25) is 4.79 Å². The van der Waals surface area contributed by atoms with Crippen LogP contribution in [0.2, 0.25) is 0 Å². The van der Waals surface area contributed by atoms with Gasteiger partial charge < -0.3 is 40.6 Å². The van der Waals surface area contributed by atoms with Crippen molar-refractivity contribution in [2.45, 2.75) is 36.6 Å². The van der Waals surface area contributed by atoms with Gasteiger partial charge in [-0.2, -0.15) is 0 Å². The molecule has 0 amide bonds. The minimum atomic E-state index is -2.28. The van der Waals surface area contributed by atoms with E-state index in [1.54, 1.807) is 0 Å². The number of hydrogen-bond donors (Lipinski definition) is 6. The molecule has 0 saturated carbocycles. The van der Waals surface area contributed by atoms with Gasteiger partial charge in [0, 0.05) is 18.3 Å². The third kappa shape index (κ3) is 3.43. The van der Waals surface area contributed by atoms with Gasteiger partial charge in [0.15, 0.2) is 0 Å². The number of aromatic nitrogens is 2. The molecule has 1 aliphatic heterocycles. The Labute approximate surface area is 125 Å². The molecule has 0 bridgehead atoms. The van der Waals surface area contributed by atoms with Crippen molar-refractivity contribution >= 4 is 5.97 Å². The fourth-order valence-corrected chi connectivity index (χ4v) is 2.12. The van der Waals surface area contributed by atoms with E-state index < -0.39 is 49.3 Å². The summed E-state index contributed by atoms with van der Waals surface area (Å²) in [7, 11) is 0. The minimum absolute atomic E-state index is 0.191. The number of H-pyrrole nitrogens is 1. The van der Waals surface area contributed by atoms with Crippen molar-refractivity contribution in [2.24, 2.45) is 5.73 Å². The van der Waals surface area contributed by atoms with E-state index in [1.807, 2.05) is 0 Å². The number of nitrogens with zero attached hydrogens (tertiary/aromatic N) is 1. The first-order valence-electron chi connectivity index (χ1n) is 6.64. The molecule has 0 unspecified atom stereocenters. The summed E-state index contributed by atoms with van der Waals surface area (Å²) >= 11 is 0. The first kappa shape index (κ1) is 16.8. The number of carbonyl (C=O) groups excluding carboxylic acids is 1. The van der Waals surface area contributed by atoms with Crippen molar-refractivity contribution in [3.8, 4) is 0 Å². The molecule has 2 rings (SSSR count). The second kappa shape index (κ2) is 6.69. The number of aliphatic hydroxyl groups is 4. The number of hydrogen-bond acceptors (Lipinski definition) is 9. The predicted octanol–water partition coefficient (Wildman–Crippen LogP) is -3.38. The summed E-state index contributed by atoms with van der Waals surface area (Å²) < 4.78 is 9.84. The molecule has 1 aromatic heterocycles. The number of ether oxygens (including phenoxy) is 2. The first-order valence-corrected chi connectivity index (χ1v) is 6.64. The fourth-order valence-electron chi connectivity index (χ4n) is 2.12. The molecule has 0 aromatic carbocycles. The van der Waals surface area contributed by atoms with Crippen LogP contribution in [0, 0.1) is 0 Å². The van der Waals surface area contributed by atoms with E-state index in [4.69, 9.17) is 20.3 Å². The van der Waals surface area contributed by atoms with Crippen LogP contribution < -0.4 is 5.73 Å². The Hall–Kier alpha value is -1.56. The van der Waals surface area contributed by atoms with Gasteiger partial charge in [-0.05, 0) is 0 Å². The maximum atomic E-state index is 11.8. The molecule has 10 nitrogen and oxygen atoms in total. The molecule has 2 heterocycles. The van der Waals surface area contributed by atoms with E-state index in [2.05, 4.69) is 9.97 Å². The van der Waals surface area contributed by atoms with Gasteiger partial charge in [0.25, 0.3) is 0 Å². The second-order valence-corrected chi connectivity index (χ2v) is 5.11. The summed E-state index contributed by atoms with van der Waals surface area (Å²) in [5.74, 6) is -3.02. The molecule has 1 saturated heterocycles. The number of aromatic amines is 1. The smallest absolute Gasteiger partial charge is 0.323 e. The molecule has 1 aromatic rings. The van der Waals surface area contributed by atoms with Gasteiger partial charge in [-0.25, -0.2) is 4.98 Å². The van der Waals surface area contributed by atoms with Crippen LogP contribution in [0.15, 0.2) is 12.5 Å². The number of nitrogens with two attached hydrogens (primary N) is 1. The zero-order valence-electron chi connectivity index (χ0n) is 11.6. The number of imidazole rings is 1. The van der Waals surface area contributed by atoms with E-state index in [-0.39, 0.29) is 6.42 Å². The molecular weight excluding hydrogens is 298 g/mol. The monoisotopic (exact) mass is 317 g/mol. The average molecular weight is 317 g/mol. The molecule has 1 fully saturated rings. The van der Waals surface area contributed by atoms with E-state index in [0.29, 0.717) is 5.69 Å². The van der Waals surface area contributed by atoms with Gasteiger partial charge in [0.1, 0.15) is 31.0 Å². The summed E-state index contributed by atoms with van der Waals surface area (Å²) in [4.78, 5) is 18.3. The lowest BCUT2D eigenvalue weighted by atomic mass is 10.1. The summed E-state index contributed by atoms with van der Waals surface area (Å²) in [5.41, 5.74) is 6.33. The average Bonchev–Trinajstić information content (AvgIpc) is 3.08. The van der Waals surface area contributed by atoms with Gasteiger partial charge >= 0.3 is 5.97 Å². The molecule has 0 radical (unpaired) electrons. The van der Waals surface area contributed by atoms with Gasteiger partial charge in [0.2, 0.25) is 5.79 Å². The van der Waals surface area contributed by atoms with Crippen molar-refractivity contribution in [1.82, 2.24) is 9.97 Å². The summed E-state index contributed by atoms with van der Waals surface area (Å²) in [6.07, 6.45) is -1.22. The maximum absolute atomic E-state index is 11.8. The minimum Gasteiger partial charge on any atom is -0.462 e. The lowest BCUT2D eigenvalue weighted by Gasteiger charge is -2.22. The van der Waals surface area contributed by atoms with Gasteiger partial charge in [-0.1, -0.05) is 0 Å². The van der Waals surface area contributed by atoms with Crippen molar-refractivity contribution < 1.29 is 34.7 Å². The van der Waals surface area contributed by atoms with Crippen molar-refractivity contribution in [1.29, 1.82) is 0 Å². The van der Waals surface area contributed by atoms with Crippen LogP contribution in [0.5, 0.6) is 0 Å². The predicted molar refractivity (Wildman–Crippen MR) is 70.1 cm³/mol. The quantitative estimate of drug-likeness (QED) is 0.293. The Morgan fingerprint density at radius 2 is 2.32 bits per heavy atom. The largest absolute Gasteiger partial charge is 0.462 e. The molecular formula is C12H19N3O7. The van der Waals surface area contributed by atoms with Crippen molar-refractivity contribution in [3.63, 3.8) is 0 Å². The molecule has 124 valence electrons. The van der Waals surface area contributed by atoms with Crippen LogP contribution in [0.4, 0.5) is 0 Å². The Bertz CT molecular complexity index is 497. The fraction of sp³-hybridized carbons (Fsp3) is 0.667. The van der Waals surface area contributed by atoms with Crippen molar-refractivity contribution in [2.75, 3.05) is 13.2 Å². The van der Waals surface area contributed by atoms with Crippen LogP contribution in [-0.2, 0) is 20.7 Å². The van der Waals surface area contributed by atoms with Crippen LogP contribution in [0.25, 0.3) is 0 Å². The Morgan fingerprint density at radius 1 is 1.59 bits per heavy atom. The normalized spacial score (nSPS) is 32.9. The third-order valence-corrected chi connectivity index (χ3v) is 3.44. The van der Waals surface area contributed by atoms with Crippen LogP contribution in [-0.4, -0.2) is 79.7 Å². The van der Waals surface area contributed by atoms with E-state index >= 15 is 0 Å². The van der Waals surface area contributed by atoms with Crippen molar-refractivity contribution in [3.05, 3.63) is 18.2 Å². The summed E-state index contributed by atoms with van der Waals surface area (Å²) in [5, 5.41) is 37.9. The molecule has 1 aliphatic rings. The number of nitrogens with one attached hydrogen (secondary N) is 1. The molecule has 7 N–H and O–H groups in total. The highest BCUT2D eigenvalue weighted by atomic mass is 16.7. The Balaban J connectivity index is 1.83. The summed E-state index contributed by atoms with van der Waals surface area (Å²) in [6.45, 7) is -1.33. The lowest BCUT2D eigenvalue weighted by Crippen LogP contribution is -2.46. The van der Waals surface area contributed by atoms with E-state index in [9.17, 15) is 20.1 Å². The molecule has 10 heteroatoms. The third-order valence-electron chi connectivity index (χ3n) is 3.44. The second-order valence-electron chi connectivity index (χ2n) is 5.11. The van der Waals surface area contributed by atoms with Crippen LogP contribution in [0.3, 0.4) is 0 Å². The highest BCUT2D eigenvalue weighted by Crippen LogP contribution is 2.29. The number of esters is 1. The van der Waals surface area contributed by atoms with Gasteiger partial charge in [0.05, 0.1) is 12.9 Å². The Morgan fingerprint density at radius 3 is 2.86 bits per heavy atom. The zero-order chi connectivity index (χ0) is 16.3. The SMILES string of the molecule is N[C@@H](Cc1cnc[nH]1)C(=O)OC[C@H]1O[C@](O)(CO)[C@H](O)[C@@H]1O. The topological polar surface area (TPSA) is 171 Å². The summed E-state index contributed by atoms with van der Waals surface area (Å²) in [6, 6.07) is -0.944. The molecule has 5 atom stereocenters. The number of carbonyl (C=O) groups is 1. The standard InChI is InChI=1S/C12H19N3O7/c13-7(1-6-2-14-5-15-6)11(19)21-3-8-9(17)10(18)12(20,4-16)22-8/h2,5,7-10,16-18,20H,1,3-4,13H2,(H,14,15)/t7-,8+,9+,10+,12+/m0/s1. The molecule has 0 spiro atoms. The zero-order valence-corrected chi connectivity index (χ0v) is 11.6. The van der Waals surface area contributed by atoms with Crippen LogP contribution in [0.1, 0.15) is 5.69 Å². The van der Waals surface area contributed by atoms with Gasteiger partial charge in [-0.15, -0.1) is 0 Å². The number of aliphatic hydroxyl groups excluding tert-OH is 3. The number of rotatable bonds is 6. The van der Waals surface area contributed by atoms with E-state index in [1.165, 1.54) is 12.5 Å². The first-order chi connectivity index (χ1) is 10.4. The van der Waals surface area contributed by atoms with E-state index in [0.717, 1.165) is 0 Å². The maximum Gasteiger partial charge on any atom is 0.323 e. The Kier molecular flexibility index (Phi) is 5.11. The lowest BCUT2D eigenvalue weighted by molar-refractivity contribution is -0.249.